The predicted molar refractivity (Wildman–Crippen MR) is 109 cm³/mol. The summed E-state index contributed by atoms with van der Waals surface area (Å²) in [6.45, 7) is 2.38. The van der Waals surface area contributed by atoms with E-state index in [1.807, 2.05) is 0 Å². The van der Waals surface area contributed by atoms with Crippen LogP contribution in [-0.4, -0.2) is 29.3 Å². The summed E-state index contributed by atoms with van der Waals surface area (Å²) < 4.78 is 14.5. The molecule has 1 fully saturated rings. The van der Waals surface area contributed by atoms with Gasteiger partial charge in [-0.1, -0.05) is 11.8 Å². The van der Waals surface area contributed by atoms with Crippen molar-refractivity contribution in [1.29, 1.82) is 0 Å². The molecule has 2 aliphatic rings. The zero-order valence-electron chi connectivity index (χ0n) is 15.2. The minimum Gasteiger partial charge on any atom is -0.361 e. The first kappa shape index (κ1) is 19.9. The fourth-order valence-corrected chi connectivity index (χ4v) is 3.35. The van der Waals surface area contributed by atoms with Gasteiger partial charge >= 0.3 is 0 Å². The molecule has 1 aromatic heterocycles. The van der Waals surface area contributed by atoms with E-state index in [1.54, 1.807) is 18.3 Å². The second-order valence-corrected chi connectivity index (χ2v) is 6.68. The van der Waals surface area contributed by atoms with Crippen LogP contribution in [0, 0.1) is 17.7 Å². The van der Waals surface area contributed by atoms with Gasteiger partial charge in [-0.25, -0.2) is 4.39 Å². The van der Waals surface area contributed by atoms with E-state index in [1.165, 1.54) is 19.1 Å². The second kappa shape index (κ2) is 8.01. The number of hydrogen-bond acceptors (Lipinski definition) is 3. The number of anilines is 1. The van der Waals surface area contributed by atoms with Crippen LogP contribution >= 0.6 is 12.4 Å². The van der Waals surface area contributed by atoms with E-state index in [0.717, 1.165) is 19.4 Å². The Labute approximate surface area is 168 Å². The molecule has 1 saturated heterocycles. The number of halogens is 2. The molecule has 2 aromatic rings. The lowest BCUT2D eigenvalue weighted by Gasteiger charge is -2.05. The van der Waals surface area contributed by atoms with Crippen molar-refractivity contribution in [1.82, 2.24) is 10.3 Å². The molecule has 1 amide bonds. The number of hydrogen-bond donors (Lipinski definition) is 3. The molecule has 0 unspecified atom stereocenters. The molecule has 28 heavy (non-hydrogen) atoms. The molecule has 4 rings (SSSR count). The zero-order valence-corrected chi connectivity index (χ0v) is 16.0. The van der Waals surface area contributed by atoms with Crippen LogP contribution in [0.5, 0.6) is 0 Å². The first-order valence-electron chi connectivity index (χ1n) is 8.83. The number of carbonyl (C=O) groups is 2. The van der Waals surface area contributed by atoms with Crippen LogP contribution in [0.2, 0.25) is 0 Å². The molecule has 7 heteroatoms. The summed E-state index contributed by atoms with van der Waals surface area (Å²) in [4.78, 5) is 26.9. The number of aromatic amines is 1. The van der Waals surface area contributed by atoms with Gasteiger partial charge in [0.25, 0.3) is 5.91 Å². The molecule has 1 atom stereocenters. The van der Waals surface area contributed by atoms with E-state index in [0.29, 0.717) is 28.1 Å². The average Bonchev–Trinajstić information content (AvgIpc) is 3.36. The van der Waals surface area contributed by atoms with Gasteiger partial charge in [0.1, 0.15) is 5.82 Å². The maximum Gasteiger partial charge on any atom is 0.256 e. The third-order valence-electron chi connectivity index (χ3n) is 4.76. The second-order valence-electron chi connectivity index (χ2n) is 6.68. The fraction of sp³-hybridized carbons (Fsp3) is 0.238. The van der Waals surface area contributed by atoms with E-state index in [4.69, 9.17) is 0 Å². The number of fused-ring (bicyclic) bond motifs is 1. The summed E-state index contributed by atoms with van der Waals surface area (Å²) in [5, 5.41) is 6.01. The molecular formula is C21H19ClFN3O2. The summed E-state index contributed by atoms with van der Waals surface area (Å²) in [6, 6.07) is 4.56. The van der Waals surface area contributed by atoms with Gasteiger partial charge in [-0.2, -0.15) is 0 Å². The summed E-state index contributed by atoms with van der Waals surface area (Å²) in [5.41, 5.74) is 2.65. The monoisotopic (exact) mass is 399 g/mol. The van der Waals surface area contributed by atoms with Gasteiger partial charge in [0, 0.05) is 23.0 Å². The molecule has 1 aromatic carbocycles. The zero-order chi connectivity index (χ0) is 19.0. The molecule has 0 saturated carbocycles. The van der Waals surface area contributed by atoms with Crippen molar-refractivity contribution in [3.8, 4) is 11.8 Å². The molecule has 0 bridgehead atoms. The van der Waals surface area contributed by atoms with Crippen LogP contribution in [0.3, 0.4) is 0 Å². The smallest absolute Gasteiger partial charge is 0.256 e. The maximum atomic E-state index is 14.5. The highest BCUT2D eigenvalue weighted by atomic mass is 35.5. The van der Waals surface area contributed by atoms with Crippen LogP contribution in [-0.2, 0) is 4.79 Å². The molecule has 5 nitrogen and oxygen atoms in total. The SMILES string of the molecule is CC(=O)c1c[nH]c(/C=C2\C(=O)Nc3ccc(F)c(C#C[C@@H]4CCCN4)c32)c1.Cl. The van der Waals surface area contributed by atoms with Crippen molar-refractivity contribution in [3.05, 3.63) is 52.6 Å². The van der Waals surface area contributed by atoms with Gasteiger partial charge in [0.15, 0.2) is 5.78 Å². The Morgan fingerprint density at radius 1 is 1.36 bits per heavy atom. The molecule has 0 aliphatic carbocycles. The highest BCUT2D eigenvalue weighted by Crippen LogP contribution is 2.36. The lowest BCUT2D eigenvalue weighted by molar-refractivity contribution is -0.110. The average molecular weight is 400 g/mol. The molecule has 0 radical (unpaired) electrons. The number of Topliss-reactive ketones (excluding diaryl/α,β-unsaturated/α-hetero) is 1. The standard InChI is InChI=1S/C21H18FN3O2.ClH/c1-12(26)13-9-15(24-11-13)10-17-20-16(5-4-14-3-2-8-23-14)18(22)6-7-19(20)25-21(17)27;/h6-7,9-11,14,23-24H,2-3,8H2,1H3,(H,25,27);1H/b17-10-;/t14-;/m0./s1. The van der Waals surface area contributed by atoms with Crippen LogP contribution in [0.25, 0.3) is 11.6 Å². The molecule has 144 valence electrons. The van der Waals surface area contributed by atoms with Crippen molar-refractivity contribution >= 4 is 41.4 Å². The number of rotatable bonds is 2. The van der Waals surface area contributed by atoms with Crippen molar-refractivity contribution in [2.75, 3.05) is 11.9 Å². The van der Waals surface area contributed by atoms with Crippen LogP contribution in [0.4, 0.5) is 10.1 Å². The van der Waals surface area contributed by atoms with E-state index < -0.39 is 5.82 Å². The van der Waals surface area contributed by atoms with E-state index in [9.17, 15) is 14.0 Å². The number of benzene rings is 1. The molecular weight excluding hydrogens is 381 g/mol. The summed E-state index contributed by atoms with van der Waals surface area (Å²) in [6.07, 6.45) is 5.18. The number of H-pyrrole nitrogens is 1. The Hall–Kier alpha value is -2.88. The number of aromatic nitrogens is 1. The molecule has 0 spiro atoms. The van der Waals surface area contributed by atoms with Crippen molar-refractivity contribution < 1.29 is 14.0 Å². The van der Waals surface area contributed by atoms with Gasteiger partial charge in [0.05, 0.1) is 22.9 Å². The van der Waals surface area contributed by atoms with Gasteiger partial charge in [-0.3, -0.25) is 9.59 Å². The Morgan fingerprint density at radius 3 is 2.86 bits per heavy atom. The van der Waals surface area contributed by atoms with E-state index >= 15 is 0 Å². The molecule has 3 N–H and O–H groups in total. The van der Waals surface area contributed by atoms with Crippen LogP contribution < -0.4 is 10.6 Å². The van der Waals surface area contributed by atoms with Crippen LogP contribution in [0.1, 0.15) is 46.9 Å². The summed E-state index contributed by atoms with van der Waals surface area (Å²) >= 11 is 0. The number of nitrogens with one attached hydrogen (secondary N) is 3. The Bertz CT molecular complexity index is 1040. The first-order valence-corrected chi connectivity index (χ1v) is 8.83. The minimum atomic E-state index is -0.461. The predicted octanol–water partition coefficient (Wildman–Crippen LogP) is 3.37. The maximum absolute atomic E-state index is 14.5. The molecule has 3 heterocycles. The summed E-state index contributed by atoms with van der Waals surface area (Å²) in [5.74, 6) is 5.14. The topological polar surface area (TPSA) is 74.0 Å². The number of amides is 1. The normalized spacial score (nSPS) is 18.9. The largest absolute Gasteiger partial charge is 0.361 e. The summed E-state index contributed by atoms with van der Waals surface area (Å²) in [7, 11) is 0. The third kappa shape index (κ3) is 3.72. The van der Waals surface area contributed by atoms with E-state index in [-0.39, 0.29) is 35.7 Å². The highest BCUT2D eigenvalue weighted by molar-refractivity contribution is 6.35. The van der Waals surface area contributed by atoms with Gasteiger partial charge in [-0.05, 0) is 50.6 Å². The molecule has 2 aliphatic heterocycles. The lowest BCUT2D eigenvalue weighted by Crippen LogP contribution is -2.18. The number of carbonyl (C=O) groups excluding carboxylic acids is 2. The fourth-order valence-electron chi connectivity index (χ4n) is 3.35. The van der Waals surface area contributed by atoms with Crippen LogP contribution in [0.15, 0.2) is 24.4 Å². The first-order chi connectivity index (χ1) is 13.0. The van der Waals surface area contributed by atoms with E-state index in [2.05, 4.69) is 27.5 Å². The Kier molecular flexibility index (Phi) is 5.68. The van der Waals surface area contributed by atoms with Crippen molar-refractivity contribution in [2.24, 2.45) is 0 Å². The van der Waals surface area contributed by atoms with Gasteiger partial charge in [-0.15, -0.1) is 12.4 Å². The Balaban J connectivity index is 0.00000225. The Morgan fingerprint density at radius 2 is 2.18 bits per heavy atom. The minimum absolute atomic E-state index is 0. The number of ketones is 1. The van der Waals surface area contributed by atoms with Crippen molar-refractivity contribution in [2.45, 2.75) is 25.8 Å². The lowest BCUT2D eigenvalue weighted by atomic mass is 9.98. The van der Waals surface area contributed by atoms with Crippen molar-refractivity contribution in [3.63, 3.8) is 0 Å². The third-order valence-corrected chi connectivity index (χ3v) is 4.76. The highest BCUT2D eigenvalue weighted by Gasteiger charge is 2.28. The van der Waals surface area contributed by atoms with Gasteiger partial charge in [0.2, 0.25) is 0 Å². The quantitative estimate of drug-likeness (QED) is 0.412. The van der Waals surface area contributed by atoms with Gasteiger partial charge < -0.3 is 15.6 Å².